The Bertz CT molecular complexity index is 1140. The molecule has 2 aromatic rings. The molecule has 0 aliphatic carbocycles. The minimum absolute atomic E-state index is 0.0784. The molecule has 11 nitrogen and oxygen atoms in total. The minimum Gasteiger partial charge on any atom is -0.484 e. The highest BCUT2D eigenvalue weighted by Gasteiger charge is 2.28. The van der Waals surface area contributed by atoms with E-state index >= 15 is 0 Å². The van der Waals surface area contributed by atoms with Gasteiger partial charge < -0.3 is 19.7 Å². The van der Waals surface area contributed by atoms with Gasteiger partial charge >= 0.3 is 0 Å². The van der Waals surface area contributed by atoms with Crippen molar-refractivity contribution in [2.75, 3.05) is 56.2 Å². The maximum atomic E-state index is 13.1. The lowest BCUT2D eigenvalue weighted by Crippen LogP contribution is -2.40. The van der Waals surface area contributed by atoms with Gasteiger partial charge in [-0.1, -0.05) is 0 Å². The summed E-state index contributed by atoms with van der Waals surface area (Å²) < 4.78 is 38.3. The first-order valence-corrected chi connectivity index (χ1v) is 12.4. The van der Waals surface area contributed by atoms with E-state index in [9.17, 15) is 23.3 Å². The standard InChI is InChI=1S/C22H26N4O7S/c27-22(16-33-18-5-3-17(4-6-18)26(28)29)23-20-15-19(7-8-21(20)24-9-1-2-10-24)34(30,31)25-11-13-32-14-12-25/h3-8,15H,1-2,9-14,16H2,(H,23,27). The SMILES string of the molecule is O=C(COc1ccc([N+](=O)[O-])cc1)Nc1cc(S(=O)(=O)N2CCOCC2)ccc1N1CCCC1. The molecule has 0 saturated carbocycles. The van der Waals surface area contributed by atoms with E-state index in [1.54, 1.807) is 12.1 Å². The van der Waals surface area contributed by atoms with Crippen LogP contribution in [0, 0.1) is 10.1 Å². The average Bonchev–Trinajstić information content (AvgIpc) is 3.38. The quantitative estimate of drug-likeness (QED) is 0.440. The number of benzene rings is 2. The third-order valence-corrected chi connectivity index (χ3v) is 7.61. The van der Waals surface area contributed by atoms with Gasteiger partial charge in [0.1, 0.15) is 5.75 Å². The number of nitrogens with zero attached hydrogens (tertiary/aromatic N) is 3. The van der Waals surface area contributed by atoms with Crippen LogP contribution in [0.4, 0.5) is 17.1 Å². The van der Waals surface area contributed by atoms with Crippen LogP contribution in [0.5, 0.6) is 5.75 Å². The summed E-state index contributed by atoms with van der Waals surface area (Å²) in [7, 11) is -3.73. The van der Waals surface area contributed by atoms with Crippen molar-refractivity contribution in [1.29, 1.82) is 0 Å². The fraction of sp³-hybridized carbons (Fsp3) is 0.409. The van der Waals surface area contributed by atoms with Crippen molar-refractivity contribution in [2.24, 2.45) is 0 Å². The highest BCUT2D eigenvalue weighted by molar-refractivity contribution is 7.89. The van der Waals surface area contributed by atoms with E-state index < -0.39 is 20.9 Å². The number of hydrogen-bond acceptors (Lipinski definition) is 8. The maximum absolute atomic E-state index is 13.1. The predicted octanol–water partition coefficient (Wildman–Crippen LogP) is 2.23. The zero-order chi connectivity index (χ0) is 24.1. The monoisotopic (exact) mass is 490 g/mol. The molecule has 4 rings (SSSR count). The Kier molecular flexibility index (Phi) is 7.29. The Morgan fingerprint density at radius 1 is 1.06 bits per heavy atom. The first-order chi connectivity index (χ1) is 16.3. The summed E-state index contributed by atoms with van der Waals surface area (Å²) in [5.41, 5.74) is 1.07. The number of hydrogen-bond donors (Lipinski definition) is 1. The molecule has 0 radical (unpaired) electrons. The first kappa shape index (κ1) is 23.9. The summed E-state index contributed by atoms with van der Waals surface area (Å²) in [4.78, 5) is 25.1. The van der Waals surface area contributed by atoms with Crippen LogP contribution in [-0.2, 0) is 19.6 Å². The second-order valence-electron chi connectivity index (χ2n) is 7.98. The van der Waals surface area contributed by atoms with E-state index in [2.05, 4.69) is 10.2 Å². The van der Waals surface area contributed by atoms with E-state index in [1.807, 2.05) is 0 Å². The zero-order valence-electron chi connectivity index (χ0n) is 18.5. The summed E-state index contributed by atoms with van der Waals surface area (Å²) >= 11 is 0. The van der Waals surface area contributed by atoms with Gasteiger partial charge in [-0.15, -0.1) is 0 Å². The van der Waals surface area contributed by atoms with Gasteiger partial charge in [0, 0.05) is 38.3 Å². The number of nitro groups is 1. The Morgan fingerprint density at radius 2 is 1.74 bits per heavy atom. The van der Waals surface area contributed by atoms with E-state index in [1.165, 1.54) is 34.6 Å². The van der Waals surface area contributed by atoms with Gasteiger partial charge in [0.25, 0.3) is 11.6 Å². The second kappa shape index (κ2) is 10.4. The predicted molar refractivity (Wildman–Crippen MR) is 125 cm³/mol. The van der Waals surface area contributed by atoms with Crippen molar-refractivity contribution in [3.05, 3.63) is 52.6 Å². The number of sulfonamides is 1. The van der Waals surface area contributed by atoms with Crippen molar-refractivity contribution < 1.29 is 27.6 Å². The van der Waals surface area contributed by atoms with Crippen molar-refractivity contribution >= 4 is 33.0 Å². The van der Waals surface area contributed by atoms with Gasteiger partial charge in [0.2, 0.25) is 10.0 Å². The van der Waals surface area contributed by atoms with Crippen LogP contribution in [-0.4, -0.2) is 69.6 Å². The van der Waals surface area contributed by atoms with Crippen LogP contribution in [0.3, 0.4) is 0 Å². The lowest BCUT2D eigenvalue weighted by molar-refractivity contribution is -0.384. The molecule has 0 bridgehead atoms. The number of anilines is 2. The normalized spacial score (nSPS) is 16.9. The lowest BCUT2D eigenvalue weighted by atomic mass is 10.2. The van der Waals surface area contributed by atoms with Crippen molar-refractivity contribution in [3.8, 4) is 5.75 Å². The highest BCUT2D eigenvalue weighted by Crippen LogP contribution is 2.32. The maximum Gasteiger partial charge on any atom is 0.269 e. The molecule has 2 heterocycles. The van der Waals surface area contributed by atoms with Gasteiger partial charge in [-0.3, -0.25) is 14.9 Å². The Labute approximate surface area is 197 Å². The molecule has 1 N–H and O–H groups in total. The van der Waals surface area contributed by atoms with Gasteiger partial charge in [0.15, 0.2) is 6.61 Å². The van der Waals surface area contributed by atoms with Crippen LogP contribution in [0.1, 0.15) is 12.8 Å². The molecule has 1 amide bonds. The molecule has 0 unspecified atom stereocenters. The number of ether oxygens (including phenoxy) is 2. The molecule has 2 fully saturated rings. The van der Waals surface area contributed by atoms with E-state index in [0.717, 1.165) is 31.6 Å². The van der Waals surface area contributed by atoms with E-state index in [0.29, 0.717) is 24.7 Å². The van der Waals surface area contributed by atoms with Crippen LogP contribution in [0.25, 0.3) is 0 Å². The number of nitrogens with one attached hydrogen (secondary N) is 1. The number of nitro benzene ring substituents is 1. The number of carbonyl (C=O) groups excluding carboxylic acids is 1. The van der Waals surface area contributed by atoms with Crippen LogP contribution in [0.2, 0.25) is 0 Å². The van der Waals surface area contributed by atoms with E-state index in [4.69, 9.17) is 9.47 Å². The van der Waals surface area contributed by atoms with Crippen LogP contribution < -0.4 is 15.0 Å². The number of rotatable bonds is 8. The van der Waals surface area contributed by atoms with Crippen LogP contribution in [0.15, 0.2) is 47.4 Å². The first-order valence-electron chi connectivity index (χ1n) is 11.0. The fourth-order valence-corrected chi connectivity index (χ4v) is 5.38. The average molecular weight is 491 g/mol. The summed E-state index contributed by atoms with van der Waals surface area (Å²) in [6.07, 6.45) is 2.04. The number of carbonyl (C=O) groups is 1. The van der Waals surface area contributed by atoms with Gasteiger partial charge in [-0.05, 0) is 43.2 Å². The highest BCUT2D eigenvalue weighted by atomic mass is 32.2. The van der Waals surface area contributed by atoms with Crippen molar-refractivity contribution in [2.45, 2.75) is 17.7 Å². The molecule has 34 heavy (non-hydrogen) atoms. The second-order valence-corrected chi connectivity index (χ2v) is 9.92. The molecular formula is C22H26N4O7S. The summed E-state index contributed by atoms with van der Waals surface area (Å²) in [6.45, 7) is 2.54. The number of morpholine rings is 1. The van der Waals surface area contributed by atoms with Crippen molar-refractivity contribution in [1.82, 2.24) is 4.31 Å². The molecule has 182 valence electrons. The topological polar surface area (TPSA) is 131 Å². The third kappa shape index (κ3) is 5.46. The molecular weight excluding hydrogens is 464 g/mol. The Hall–Kier alpha value is -3.22. The molecule has 0 atom stereocenters. The molecule has 0 aromatic heterocycles. The van der Waals surface area contributed by atoms with Crippen LogP contribution >= 0.6 is 0 Å². The third-order valence-electron chi connectivity index (χ3n) is 5.71. The summed E-state index contributed by atoms with van der Waals surface area (Å²) in [6, 6.07) is 10.2. The molecule has 2 saturated heterocycles. The largest absolute Gasteiger partial charge is 0.484 e. The van der Waals surface area contributed by atoms with Gasteiger partial charge in [-0.25, -0.2) is 8.42 Å². The van der Waals surface area contributed by atoms with Crippen molar-refractivity contribution in [3.63, 3.8) is 0 Å². The zero-order valence-corrected chi connectivity index (χ0v) is 19.3. The lowest BCUT2D eigenvalue weighted by Gasteiger charge is -2.27. The Balaban J connectivity index is 1.51. The fourth-order valence-electron chi connectivity index (χ4n) is 3.94. The van der Waals surface area contributed by atoms with E-state index in [-0.39, 0.29) is 30.3 Å². The minimum atomic E-state index is -3.73. The Morgan fingerprint density at radius 3 is 2.38 bits per heavy atom. The summed E-state index contributed by atoms with van der Waals surface area (Å²) in [5, 5.41) is 13.5. The summed E-state index contributed by atoms with van der Waals surface area (Å²) in [5.74, 6) is -0.163. The smallest absolute Gasteiger partial charge is 0.269 e. The molecule has 2 aliphatic rings. The molecule has 12 heteroatoms. The molecule has 2 aliphatic heterocycles. The molecule has 2 aromatic carbocycles. The molecule has 0 spiro atoms. The van der Waals surface area contributed by atoms with Gasteiger partial charge in [0.05, 0.1) is 34.4 Å². The number of non-ortho nitro benzene ring substituents is 1. The number of amides is 1. The van der Waals surface area contributed by atoms with Gasteiger partial charge in [-0.2, -0.15) is 4.31 Å².